The number of carbonyl (C=O) groups is 2. The van der Waals surface area contributed by atoms with E-state index in [0.29, 0.717) is 0 Å². The van der Waals surface area contributed by atoms with E-state index < -0.39 is 17.6 Å². The van der Waals surface area contributed by atoms with Crippen LogP contribution in [0.3, 0.4) is 0 Å². The number of phenolic OH excluding ortho intramolecular Hbond substituents is 1. The van der Waals surface area contributed by atoms with Crippen LogP contribution >= 0.6 is 0 Å². The molecule has 0 saturated carbocycles. The first-order valence-corrected chi connectivity index (χ1v) is 6.47. The number of hydrogen-bond acceptors (Lipinski definition) is 4. The van der Waals surface area contributed by atoms with Gasteiger partial charge in [-0.3, -0.25) is 4.79 Å². The van der Waals surface area contributed by atoms with E-state index in [-0.39, 0.29) is 18.1 Å². The van der Waals surface area contributed by atoms with Crippen LogP contribution < -0.4 is 5.32 Å². The van der Waals surface area contributed by atoms with Crippen molar-refractivity contribution in [3.8, 4) is 5.75 Å². The fraction of sp³-hybridized carbons (Fsp3) is 0.467. The highest BCUT2D eigenvalue weighted by Gasteiger charge is 2.22. The van der Waals surface area contributed by atoms with Crippen molar-refractivity contribution in [3.63, 3.8) is 0 Å². The first kappa shape index (κ1) is 16.0. The lowest BCUT2D eigenvalue weighted by Crippen LogP contribution is -2.42. The normalized spacial score (nSPS) is 12.6. The Hall–Kier alpha value is -2.04. The molecule has 0 unspecified atom stereocenters. The van der Waals surface area contributed by atoms with Crippen LogP contribution in [0.4, 0.5) is 0 Å². The lowest BCUT2D eigenvalue weighted by molar-refractivity contribution is -0.158. The number of aromatic hydroxyl groups is 1. The summed E-state index contributed by atoms with van der Waals surface area (Å²) in [6.45, 7) is 6.91. The molecule has 0 heterocycles. The Bertz CT molecular complexity index is 474. The largest absolute Gasteiger partial charge is 0.508 e. The molecular weight excluding hydrogens is 258 g/mol. The summed E-state index contributed by atoms with van der Waals surface area (Å²) in [5.41, 5.74) is 0.184. The number of amides is 1. The lowest BCUT2D eigenvalue weighted by Gasteiger charge is -2.22. The maximum atomic E-state index is 11.8. The molecule has 110 valence electrons. The van der Waals surface area contributed by atoms with Gasteiger partial charge >= 0.3 is 5.97 Å². The molecule has 1 rings (SSSR count). The monoisotopic (exact) mass is 279 g/mol. The predicted molar refractivity (Wildman–Crippen MR) is 75.3 cm³/mol. The summed E-state index contributed by atoms with van der Waals surface area (Å²) in [5.74, 6) is -0.582. The minimum absolute atomic E-state index is 0.146. The van der Waals surface area contributed by atoms with E-state index in [0.717, 1.165) is 5.56 Å². The molecule has 0 aliphatic carbocycles. The molecule has 0 aliphatic rings. The maximum Gasteiger partial charge on any atom is 0.328 e. The van der Waals surface area contributed by atoms with E-state index in [4.69, 9.17) is 9.84 Å². The highest BCUT2D eigenvalue weighted by molar-refractivity contribution is 5.85. The number of phenols is 1. The SMILES string of the molecule is C[C@H](NC(=O)Cc1ccc(O)cc1)C(=O)OC(C)(C)C. The third kappa shape index (κ3) is 5.73. The Labute approximate surface area is 118 Å². The molecule has 0 aliphatic heterocycles. The smallest absolute Gasteiger partial charge is 0.328 e. The molecule has 0 spiro atoms. The van der Waals surface area contributed by atoms with Crippen molar-refractivity contribution in [3.05, 3.63) is 29.8 Å². The second-order valence-electron chi connectivity index (χ2n) is 5.67. The van der Waals surface area contributed by atoms with E-state index in [1.807, 2.05) is 0 Å². The molecule has 20 heavy (non-hydrogen) atoms. The average molecular weight is 279 g/mol. The van der Waals surface area contributed by atoms with Crippen LogP contribution in [0.2, 0.25) is 0 Å². The van der Waals surface area contributed by atoms with Gasteiger partial charge in [-0.2, -0.15) is 0 Å². The van der Waals surface area contributed by atoms with Crippen molar-refractivity contribution >= 4 is 11.9 Å². The molecule has 0 fully saturated rings. The minimum atomic E-state index is -0.696. The molecule has 5 heteroatoms. The first-order chi connectivity index (χ1) is 9.17. The van der Waals surface area contributed by atoms with Crippen molar-refractivity contribution in [2.24, 2.45) is 0 Å². The third-order valence-electron chi connectivity index (χ3n) is 2.44. The first-order valence-electron chi connectivity index (χ1n) is 6.47. The summed E-state index contributed by atoms with van der Waals surface area (Å²) in [6.07, 6.45) is 0.146. The second kappa shape index (κ2) is 6.41. The Balaban J connectivity index is 2.49. The average Bonchev–Trinajstić information content (AvgIpc) is 2.29. The van der Waals surface area contributed by atoms with Gasteiger partial charge in [-0.25, -0.2) is 4.79 Å². The lowest BCUT2D eigenvalue weighted by atomic mass is 10.1. The molecule has 0 radical (unpaired) electrons. The van der Waals surface area contributed by atoms with Gasteiger partial charge in [0.15, 0.2) is 0 Å². The molecular formula is C15H21NO4. The number of ether oxygens (including phenoxy) is 1. The fourth-order valence-corrected chi connectivity index (χ4v) is 1.54. The van der Waals surface area contributed by atoms with Crippen LogP contribution in [-0.4, -0.2) is 28.6 Å². The Morgan fingerprint density at radius 3 is 2.30 bits per heavy atom. The standard InChI is InChI=1S/C15H21NO4/c1-10(14(19)20-15(2,3)4)16-13(18)9-11-5-7-12(17)8-6-11/h5-8,10,17H,9H2,1-4H3,(H,16,18)/t10-/m0/s1. The number of rotatable bonds is 4. The van der Waals surface area contributed by atoms with Gasteiger partial charge in [-0.1, -0.05) is 12.1 Å². The molecule has 0 aromatic heterocycles. The number of benzene rings is 1. The van der Waals surface area contributed by atoms with Crippen molar-refractivity contribution in [2.45, 2.75) is 45.8 Å². The summed E-state index contributed by atoms with van der Waals surface area (Å²) >= 11 is 0. The quantitative estimate of drug-likeness (QED) is 0.824. The van der Waals surface area contributed by atoms with Gasteiger partial charge in [-0.05, 0) is 45.4 Å². The van der Waals surface area contributed by atoms with Crippen LogP contribution in [0.5, 0.6) is 5.75 Å². The minimum Gasteiger partial charge on any atom is -0.508 e. The van der Waals surface area contributed by atoms with Crippen molar-refractivity contribution in [1.82, 2.24) is 5.32 Å². The number of esters is 1. The van der Waals surface area contributed by atoms with Crippen LogP contribution in [0.1, 0.15) is 33.3 Å². The zero-order valence-electron chi connectivity index (χ0n) is 12.3. The Morgan fingerprint density at radius 2 is 1.80 bits per heavy atom. The van der Waals surface area contributed by atoms with Gasteiger partial charge < -0.3 is 15.2 Å². The molecule has 1 atom stereocenters. The fourth-order valence-electron chi connectivity index (χ4n) is 1.54. The van der Waals surface area contributed by atoms with Crippen LogP contribution in [0.25, 0.3) is 0 Å². The molecule has 1 amide bonds. The third-order valence-corrected chi connectivity index (χ3v) is 2.44. The van der Waals surface area contributed by atoms with E-state index in [2.05, 4.69) is 5.32 Å². The van der Waals surface area contributed by atoms with Gasteiger partial charge in [-0.15, -0.1) is 0 Å². The molecule has 2 N–H and O–H groups in total. The van der Waals surface area contributed by atoms with Gasteiger partial charge in [0.1, 0.15) is 17.4 Å². The Kier molecular flexibility index (Phi) is 5.13. The number of hydrogen-bond donors (Lipinski definition) is 2. The van der Waals surface area contributed by atoms with Gasteiger partial charge in [0, 0.05) is 0 Å². The number of carbonyl (C=O) groups excluding carboxylic acids is 2. The van der Waals surface area contributed by atoms with Crippen LogP contribution in [0.15, 0.2) is 24.3 Å². The van der Waals surface area contributed by atoms with Gasteiger partial charge in [0.25, 0.3) is 0 Å². The van der Waals surface area contributed by atoms with Crippen molar-refractivity contribution in [2.75, 3.05) is 0 Å². The molecule has 5 nitrogen and oxygen atoms in total. The maximum absolute atomic E-state index is 11.8. The highest BCUT2D eigenvalue weighted by Crippen LogP contribution is 2.11. The Morgan fingerprint density at radius 1 is 1.25 bits per heavy atom. The summed E-state index contributed by atoms with van der Waals surface area (Å²) in [7, 11) is 0. The molecule has 0 bridgehead atoms. The molecule has 1 aromatic rings. The summed E-state index contributed by atoms with van der Waals surface area (Å²) in [6, 6.07) is 5.65. The molecule has 1 aromatic carbocycles. The summed E-state index contributed by atoms with van der Waals surface area (Å²) in [5, 5.41) is 11.7. The van der Waals surface area contributed by atoms with Gasteiger partial charge in [0.05, 0.1) is 6.42 Å². The summed E-state index contributed by atoms with van der Waals surface area (Å²) in [4.78, 5) is 23.5. The highest BCUT2D eigenvalue weighted by atomic mass is 16.6. The van der Waals surface area contributed by atoms with E-state index in [1.54, 1.807) is 39.8 Å². The van der Waals surface area contributed by atoms with Crippen LogP contribution in [0, 0.1) is 0 Å². The topological polar surface area (TPSA) is 75.6 Å². The van der Waals surface area contributed by atoms with Crippen molar-refractivity contribution < 1.29 is 19.4 Å². The van der Waals surface area contributed by atoms with Gasteiger partial charge in [0.2, 0.25) is 5.91 Å². The van der Waals surface area contributed by atoms with Crippen molar-refractivity contribution in [1.29, 1.82) is 0 Å². The van der Waals surface area contributed by atoms with E-state index in [9.17, 15) is 9.59 Å². The van der Waals surface area contributed by atoms with E-state index in [1.165, 1.54) is 12.1 Å². The zero-order valence-corrected chi connectivity index (χ0v) is 12.3. The zero-order chi connectivity index (χ0) is 15.3. The van der Waals surface area contributed by atoms with Crippen LogP contribution in [-0.2, 0) is 20.7 Å². The summed E-state index contributed by atoms with van der Waals surface area (Å²) < 4.78 is 5.18. The second-order valence-corrected chi connectivity index (χ2v) is 5.67. The molecule has 0 saturated heterocycles. The number of nitrogens with one attached hydrogen (secondary N) is 1. The predicted octanol–water partition coefficient (Wildman–Crippen LogP) is 1.78. The van der Waals surface area contributed by atoms with E-state index >= 15 is 0 Å².